The highest BCUT2D eigenvalue weighted by atomic mass is 35.5. The van der Waals surface area contributed by atoms with Crippen molar-refractivity contribution in [1.82, 2.24) is 15.2 Å². The number of piperazine rings is 1. The first-order valence-corrected chi connectivity index (χ1v) is 8.51. The normalized spacial score (nSPS) is 14.7. The molecule has 1 fully saturated rings. The summed E-state index contributed by atoms with van der Waals surface area (Å²) < 4.78 is 0. The van der Waals surface area contributed by atoms with Crippen molar-refractivity contribution in [2.24, 2.45) is 0 Å². The lowest BCUT2D eigenvalue weighted by atomic mass is 10.1. The van der Waals surface area contributed by atoms with Crippen molar-refractivity contribution < 1.29 is 9.59 Å². The maximum atomic E-state index is 12.5. The van der Waals surface area contributed by atoms with Crippen LogP contribution in [0.3, 0.4) is 0 Å². The molecule has 0 unspecified atom stereocenters. The molecule has 1 aliphatic rings. The van der Waals surface area contributed by atoms with Crippen molar-refractivity contribution in [3.8, 4) is 10.4 Å². The Bertz CT molecular complexity index is 771. The molecule has 1 aromatic heterocycles. The molecule has 8 heteroatoms. The summed E-state index contributed by atoms with van der Waals surface area (Å²) in [4.78, 5) is 30.7. The predicted octanol–water partition coefficient (Wildman–Crippen LogP) is 3.00. The molecule has 2 heterocycles. The number of carbonyl (C=O) groups excluding carboxylic acids is 2. The Labute approximate surface area is 147 Å². The highest BCUT2D eigenvalue weighted by Gasteiger charge is 2.25. The minimum atomic E-state index is -0.229. The van der Waals surface area contributed by atoms with Gasteiger partial charge in [0.05, 0.1) is 17.1 Å². The van der Waals surface area contributed by atoms with Crippen LogP contribution < -0.4 is 5.32 Å². The van der Waals surface area contributed by atoms with Gasteiger partial charge in [0.2, 0.25) is 5.91 Å². The Morgan fingerprint density at radius 2 is 2.00 bits per heavy atom. The van der Waals surface area contributed by atoms with Crippen molar-refractivity contribution in [2.75, 3.05) is 19.6 Å². The Morgan fingerprint density at radius 1 is 1.30 bits per heavy atom. The van der Waals surface area contributed by atoms with E-state index in [9.17, 15) is 9.59 Å². The first kappa shape index (κ1) is 16.2. The average Bonchev–Trinajstić information content (AvgIpc) is 2.87. The molecule has 0 bridgehead atoms. The van der Waals surface area contributed by atoms with Gasteiger partial charge in [-0.3, -0.25) is 9.59 Å². The number of halogens is 2. The maximum Gasteiger partial charge on any atom is 0.283 e. The number of amides is 2. The van der Waals surface area contributed by atoms with Gasteiger partial charge in [-0.2, -0.15) is 0 Å². The molecule has 1 N–H and O–H groups in total. The monoisotopic (exact) mass is 369 g/mol. The van der Waals surface area contributed by atoms with Crippen LogP contribution >= 0.6 is 34.5 Å². The van der Waals surface area contributed by atoms with Gasteiger partial charge in [0.1, 0.15) is 0 Å². The molecule has 1 aliphatic heterocycles. The number of aromatic nitrogens is 1. The molecule has 1 aromatic carbocycles. The van der Waals surface area contributed by atoms with Crippen LogP contribution in [-0.4, -0.2) is 41.3 Å². The van der Waals surface area contributed by atoms with Crippen molar-refractivity contribution in [2.45, 2.75) is 6.92 Å². The van der Waals surface area contributed by atoms with Crippen LogP contribution in [0.25, 0.3) is 10.4 Å². The molecule has 5 nitrogen and oxygen atoms in total. The van der Waals surface area contributed by atoms with Gasteiger partial charge in [-0.1, -0.05) is 23.2 Å². The zero-order valence-electron chi connectivity index (χ0n) is 12.2. The van der Waals surface area contributed by atoms with Gasteiger partial charge in [-0.25, -0.2) is 4.98 Å². The molecule has 1 saturated heterocycles. The summed E-state index contributed by atoms with van der Waals surface area (Å²) in [6.07, 6.45) is 0. The van der Waals surface area contributed by atoms with Gasteiger partial charge >= 0.3 is 0 Å². The summed E-state index contributed by atoms with van der Waals surface area (Å²) in [6.45, 7) is 2.85. The number of carbonyl (C=O) groups is 2. The van der Waals surface area contributed by atoms with E-state index < -0.39 is 0 Å². The maximum absolute atomic E-state index is 12.5. The summed E-state index contributed by atoms with van der Waals surface area (Å²) in [6, 6.07) is 5.23. The van der Waals surface area contributed by atoms with E-state index in [4.69, 9.17) is 23.2 Å². The molecular weight excluding hydrogens is 357 g/mol. The SMILES string of the molecule is Cc1nc(C(=O)N2CCNC(=O)C2)sc1-c1cc(Cl)cc(Cl)c1. The first-order chi connectivity index (χ1) is 10.9. The third kappa shape index (κ3) is 3.49. The summed E-state index contributed by atoms with van der Waals surface area (Å²) in [5.74, 6) is -0.382. The first-order valence-electron chi connectivity index (χ1n) is 6.94. The molecule has 23 heavy (non-hydrogen) atoms. The van der Waals surface area contributed by atoms with E-state index in [1.165, 1.54) is 16.2 Å². The molecule has 3 rings (SSSR count). The molecule has 0 spiro atoms. The van der Waals surface area contributed by atoms with Gasteiger partial charge < -0.3 is 10.2 Å². The third-order valence-electron chi connectivity index (χ3n) is 3.43. The van der Waals surface area contributed by atoms with Gasteiger partial charge in [-0.15, -0.1) is 11.3 Å². The number of hydrogen-bond donors (Lipinski definition) is 1. The van der Waals surface area contributed by atoms with Crippen LogP contribution in [0, 0.1) is 6.92 Å². The lowest BCUT2D eigenvalue weighted by molar-refractivity contribution is -0.123. The lowest BCUT2D eigenvalue weighted by Crippen LogP contribution is -2.49. The summed E-state index contributed by atoms with van der Waals surface area (Å²) >= 11 is 13.4. The van der Waals surface area contributed by atoms with Gasteiger partial charge in [0.25, 0.3) is 5.91 Å². The highest BCUT2D eigenvalue weighted by Crippen LogP contribution is 2.34. The smallest absolute Gasteiger partial charge is 0.283 e. The van der Waals surface area contributed by atoms with Crippen molar-refractivity contribution >= 4 is 46.4 Å². The number of aryl methyl sites for hydroxylation is 1. The summed E-state index contributed by atoms with van der Waals surface area (Å²) in [5.41, 5.74) is 1.56. The Hall–Kier alpha value is -1.63. The van der Waals surface area contributed by atoms with Crippen molar-refractivity contribution in [3.05, 3.63) is 38.9 Å². The number of nitrogens with one attached hydrogen (secondary N) is 1. The molecule has 2 amide bonds. The topological polar surface area (TPSA) is 62.3 Å². The number of hydrogen-bond acceptors (Lipinski definition) is 4. The molecule has 0 aliphatic carbocycles. The van der Waals surface area contributed by atoms with Crippen LogP contribution in [0.1, 0.15) is 15.5 Å². The van der Waals surface area contributed by atoms with Gasteiger partial charge in [0.15, 0.2) is 5.01 Å². The zero-order valence-corrected chi connectivity index (χ0v) is 14.6. The number of nitrogens with zero attached hydrogens (tertiary/aromatic N) is 2. The van der Waals surface area contributed by atoms with Crippen LogP contribution in [0.2, 0.25) is 10.0 Å². The fourth-order valence-corrected chi connectivity index (χ4v) is 3.94. The number of benzene rings is 1. The molecule has 0 atom stereocenters. The second-order valence-corrected chi connectivity index (χ2v) is 7.04. The Balaban J connectivity index is 1.91. The number of thiazole rings is 1. The summed E-state index contributed by atoms with van der Waals surface area (Å²) in [7, 11) is 0. The second kappa shape index (κ2) is 6.47. The zero-order chi connectivity index (χ0) is 16.6. The van der Waals surface area contributed by atoms with Crippen LogP contribution in [-0.2, 0) is 4.79 Å². The van der Waals surface area contributed by atoms with Crippen molar-refractivity contribution in [3.63, 3.8) is 0 Å². The van der Waals surface area contributed by atoms with E-state index >= 15 is 0 Å². The van der Waals surface area contributed by atoms with E-state index in [1.807, 2.05) is 6.92 Å². The largest absolute Gasteiger partial charge is 0.353 e. The fraction of sp³-hybridized carbons (Fsp3) is 0.267. The van der Waals surface area contributed by atoms with Crippen LogP contribution in [0.5, 0.6) is 0 Å². The number of rotatable bonds is 2. The van der Waals surface area contributed by atoms with E-state index in [-0.39, 0.29) is 18.4 Å². The van der Waals surface area contributed by atoms with E-state index in [2.05, 4.69) is 10.3 Å². The summed E-state index contributed by atoms with van der Waals surface area (Å²) in [5, 5.41) is 4.12. The Kier molecular flexibility index (Phi) is 4.57. The van der Waals surface area contributed by atoms with Gasteiger partial charge in [0, 0.05) is 23.1 Å². The van der Waals surface area contributed by atoms with E-state index in [0.717, 1.165) is 16.1 Å². The second-order valence-electron chi connectivity index (χ2n) is 5.17. The molecule has 0 radical (unpaired) electrons. The van der Waals surface area contributed by atoms with Gasteiger partial charge in [-0.05, 0) is 30.7 Å². The quantitative estimate of drug-likeness (QED) is 0.884. The standard InChI is InChI=1S/C15H13Cl2N3O2S/c1-8-13(9-4-10(16)6-11(17)5-9)23-14(19-8)15(22)20-3-2-18-12(21)7-20/h4-6H,2-3,7H2,1H3,(H,18,21). The van der Waals surface area contributed by atoms with Crippen LogP contribution in [0.15, 0.2) is 18.2 Å². The molecule has 2 aromatic rings. The third-order valence-corrected chi connectivity index (χ3v) is 5.06. The Morgan fingerprint density at radius 3 is 2.65 bits per heavy atom. The predicted molar refractivity (Wildman–Crippen MR) is 91.2 cm³/mol. The van der Waals surface area contributed by atoms with Crippen LogP contribution in [0.4, 0.5) is 0 Å². The van der Waals surface area contributed by atoms with E-state index in [0.29, 0.717) is 28.1 Å². The molecular formula is C15H13Cl2N3O2S. The van der Waals surface area contributed by atoms with E-state index in [1.54, 1.807) is 18.2 Å². The lowest BCUT2D eigenvalue weighted by Gasteiger charge is -2.25. The highest BCUT2D eigenvalue weighted by molar-refractivity contribution is 7.17. The molecule has 0 saturated carbocycles. The average molecular weight is 370 g/mol. The molecule has 120 valence electrons. The fourth-order valence-electron chi connectivity index (χ4n) is 2.39. The van der Waals surface area contributed by atoms with Crippen molar-refractivity contribution in [1.29, 1.82) is 0 Å². The minimum absolute atomic E-state index is 0.0653. The minimum Gasteiger partial charge on any atom is -0.353 e.